The van der Waals surface area contributed by atoms with Gasteiger partial charge in [-0.1, -0.05) is 34.6 Å². The normalized spacial score (nSPS) is 14.3. The zero-order valence-corrected chi connectivity index (χ0v) is 7.64. The molecule has 1 nitrogen and oxygen atoms in total. The van der Waals surface area contributed by atoms with Crippen LogP contribution in [-0.2, 0) is 4.79 Å². The van der Waals surface area contributed by atoms with Crippen LogP contribution in [0.2, 0.25) is 0 Å². The molecule has 0 aliphatic carbocycles. The molecule has 0 heterocycles. The monoisotopic (exact) mass is 142 g/mol. The maximum absolute atomic E-state index is 11.3. The van der Waals surface area contributed by atoms with E-state index >= 15 is 0 Å². The molecule has 0 spiro atoms. The minimum absolute atomic E-state index is 0.192. The molecule has 60 valence electrons. The van der Waals surface area contributed by atoms with Crippen LogP contribution in [0.1, 0.15) is 34.6 Å². The topological polar surface area (TPSA) is 17.1 Å². The Kier molecular flexibility index (Phi) is 3.62. The van der Waals surface area contributed by atoms with Crippen molar-refractivity contribution in [3.63, 3.8) is 0 Å². The van der Waals surface area contributed by atoms with E-state index in [-0.39, 0.29) is 11.8 Å². The van der Waals surface area contributed by atoms with Crippen LogP contribution in [-0.4, -0.2) is 5.78 Å². The standard InChI is InChI=1S/C9H18O/c1-6(2)8(5)9(10)7(3)4/h6-8H,1-5H3/t8-/m0/s1. The van der Waals surface area contributed by atoms with Crippen molar-refractivity contribution in [1.29, 1.82) is 0 Å². The summed E-state index contributed by atoms with van der Waals surface area (Å²) < 4.78 is 0. The van der Waals surface area contributed by atoms with Crippen LogP contribution >= 0.6 is 0 Å². The zero-order chi connectivity index (χ0) is 8.31. The molecule has 1 atom stereocenters. The molecule has 0 bridgehead atoms. The SMILES string of the molecule is CC(C)C(=O)[C@@H](C)C(C)C. The quantitative estimate of drug-likeness (QED) is 0.591. The maximum Gasteiger partial charge on any atom is 0.138 e. The molecule has 0 aromatic heterocycles. The van der Waals surface area contributed by atoms with Crippen LogP contribution in [0.15, 0.2) is 0 Å². The van der Waals surface area contributed by atoms with Gasteiger partial charge in [0.1, 0.15) is 5.78 Å². The van der Waals surface area contributed by atoms with Crippen molar-refractivity contribution < 1.29 is 4.79 Å². The maximum atomic E-state index is 11.3. The molecule has 0 rings (SSSR count). The van der Waals surface area contributed by atoms with Crippen molar-refractivity contribution >= 4 is 5.78 Å². The van der Waals surface area contributed by atoms with Gasteiger partial charge in [0.2, 0.25) is 0 Å². The summed E-state index contributed by atoms with van der Waals surface area (Å²) in [6.07, 6.45) is 0. The summed E-state index contributed by atoms with van der Waals surface area (Å²) in [4.78, 5) is 11.3. The number of hydrogen-bond acceptors (Lipinski definition) is 1. The van der Waals surface area contributed by atoms with Gasteiger partial charge >= 0.3 is 0 Å². The Morgan fingerprint density at radius 3 is 1.50 bits per heavy atom. The third kappa shape index (κ3) is 2.51. The van der Waals surface area contributed by atoms with E-state index in [0.717, 1.165) is 0 Å². The fraction of sp³-hybridized carbons (Fsp3) is 0.889. The van der Waals surface area contributed by atoms with Crippen molar-refractivity contribution in [2.45, 2.75) is 34.6 Å². The number of rotatable bonds is 3. The van der Waals surface area contributed by atoms with E-state index in [1.165, 1.54) is 0 Å². The molecule has 0 unspecified atom stereocenters. The highest BCUT2D eigenvalue weighted by atomic mass is 16.1. The summed E-state index contributed by atoms with van der Waals surface area (Å²) in [6, 6.07) is 0. The van der Waals surface area contributed by atoms with Crippen LogP contribution in [0.5, 0.6) is 0 Å². The molecule has 1 heteroatoms. The van der Waals surface area contributed by atoms with E-state index in [9.17, 15) is 4.79 Å². The first-order valence-corrected chi connectivity index (χ1v) is 4.00. The van der Waals surface area contributed by atoms with Gasteiger partial charge in [0.25, 0.3) is 0 Å². The van der Waals surface area contributed by atoms with E-state index in [4.69, 9.17) is 0 Å². The van der Waals surface area contributed by atoms with Crippen molar-refractivity contribution in [3.8, 4) is 0 Å². The van der Waals surface area contributed by atoms with Crippen molar-refractivity contribution in [2.24, 2.45) is 17.8 Å². The van der Waals surface area contributed by atoms with Gasteiger partial charge in [0.15, 0.2) is 0 Å². The molecule has 10 heavy (non-hydrogen) atoms. The van der Waals surface area contributed by atoms with Gasteiger partial charge in [-0.15, -0.1) is 0 Å². The Morgan fingerprint density at radius 2 is 1.40 bits per heavy atom. The fourth-order valence-electron chi connectivity index (χ4n) is 0.854. The third-order valence-corrected chi connectivity index (χ3v) is 2.02. The summed E-state index contributed by atoms with van der Waals surface area (Å²) in [7, 11) is 0. The largest absolute Gasteiger partial charge is 0.299 e. The van der Waals surface area contributed by atoms with Gasteiger partial charge in [0.05, 0.1) is 0 Å². The van der Waals surface area contributed by atoms with Gasteiger partial charge in [-0.3, -0.25) is 4.79 Å². The molecule has 0 saturated carbocycles. The Morgan fingerprint density at radius 1 is 1.00 bits per heavy atom. The highest BCUT2D eigenvalue weighted by Crippen LogP contribution is 2.14. The Bertz CT molecular complexity index is 114. The first-order valence-electron chi connectivity index (χ1n) is 4.00. The molecule has 0 amide bonds. The van der Waals surface area contributed by atoms with Crippen LogP contribution in [0, 0.1) is 17.8 Å². The molecule has 0 N–H and O–H groups in total. The van der Waals surface area contributed by atoms with Crippen molar-refractivity contribution in [3.05, 3.63) is 0 Å². The first-order chi connectivity index (χ1) is 4.46. The van der Waals surface area contributed by atoms with Crippen LogP contribution in [0.4, 0.5) is 0 Å². The lowest BCUT2D eigenvalue weighted by atomic mass is 9.88. The molecule has 0 aromatic rings. The average Bonchev–Trinajstić information content (AvgIpc) is 1.84. The predicted octanol–water partition coefficient (Wildman–Crippen LogP) is 2.50. The van der Waals surface area contributed by atoms with Crippen molar-refractivity contribution in [1.82, 2.24) is 0 Å². The summed E-state index contributed by atoms with van der Waals surface area (Å²) in [5.41, 5.74) is 0. The van der Waals surface area contributed by atoms with Gasteiger partial charge in [0, 0.05) is 11.8 Å². The minimum Gasteiger partial charge on any atom is -0.299 e. The van der Waals surface area contributed by atoms with Gasteiger partial charge in [-0.05, 0) is 5.92 Å². The zero-order valence-electron chi connectivity index (χ0n) is 7.64. The predicted molar refractivity (Wildman–Crippen MR) is 43.8 cm³/mol. The fourth-order valence-corrected chi connectivity index (χ4v) is 0.854. The summed E-state index contributed by atoms with van der Waals surface area (Å²) in [6.45, 7) is 10.1. The van der Waals surface area contributed by atoms with Crippen molar-refractivity contribution in [2.75, 3.05) is 0 Å². The van der Waals surface area contributed by atoms with Crippen LogP contribution < -0.4 is 0 Å². The number of hydrogen-bond donors (Lipinski definition) is 0. The molecule has 0 aliphatic heterocycles. The van der Waals surface area contributed by atoms with E-state index in [0.29, 0.717) is 11.7 Å². The molecule has 0 aromatic carbocycles. The van der Waals surface area contributed by atoms with Gasteiger partial charge < -0.3 is 0 Å². The Balaban J connectivity index is 3.95. The number of ketones is 1. The molecule has 0 radical (unpaired) electrons. The van der Waals surface area contributed by atoms with E-state index < -0.39 is 0 Å². The summed E-state index contributed by atoms with van der Waals surface area (Å²) in [5.74, 6) is 1.28. The first kappa shape index (κ1) is 9.67. The second-order valence-electron chi connectivity index (χ2n) is 3.59. The Labute approximate surface area is 63.8 Å². The lowest BCUT2D eigenvalue weighted by molar-refractivity contribution is -0.126. The molecule has 0 aliphatic rings. The summed E-state index contributed by atoms with van der Waals surface area (Å²) in [5, 5.41) is 0. The molecular weight excluding hydrogens is 124 g/mol. The lowest BCUT2D eigenvalue weighted by Crippen LogP contribution is -2.21. The number of carbonyl (C=O) groups is 1. The molecule has 0 saturated heterocycles. The second kappa shape index (κ2) is 3.75. The van der Waals surface area contributed by atoms with Gasteiger partial charge in [-0.25, -0.2) is 0 Å². The number of carbonyl (C=O) groups excluding carboxylic acids is 1. The van der Waals surface area contributed by atoms with Crippen LogP contribution in [0.25, 0.3) is 0 Å². The highest BCUT2D eigenvalue weighted by Gasteiger charge is 2.18. The Hall–Kier alpha value is -0.330. The smallest absolute Gasteiger partial charge is 0.138 e. The van der Waals surface area contributed by atoms with Gasteiger partial charge in [-0.2, -0.15) is 0 Å². The minimum atomic E-state index is 0.192. The average molecular weight is 142 g/mol. The van der Waals surface area contributed by atoms with Crippen LogP contribution in [0.3, 0.4) is 0 Å². The summed E-state index contributed by atoms with van der Waals surface area (Å²) >= 11 is 0. The van der Waals surface area contributed by atoms with E-state index in [1.54, 1.807) is 0 Å². The lowest BCUT2D eigenvalue weighted by Gasteiger charge is -2.15. The second-order valence-corrected chi connectivity index (χ2v) is 3.59. The highest BCUT2D eigenvalue weighted by molar-refractivity contribution is 5.82. The number of Topliss-reactive ketones (excluding diaryl/α,β-unsaturated/α-hetero) is 1. The molecular formula is C9H18O. The molecule has 0 fully saturated rings. The third-order valence-electron chi connectivity index (χ3n) is 2.02. The van der Waals surface area contributed by atoms with E-state index in [2.05, 4.69) is 13.8 Å². The van der Waals surface area contributed by atoms with E-state index in [1.807, 2.05) is 20.8 Å².